The molecule has 0 saturated carbocycles. The first-order valence-electron chi connectivity index (χ1n) is 12.8. The minimum atomic E-state index is -0.252. The van der Waals surface area contributed by atoms with Crippen LogP contribution in [0.1, 0.15) is 23.2 Å². The van der Waals surface area contributed by atoms with Gasteiger partial charge in [0.05, 0.1) is 7.11 Å². The maximum Gasteiger partial charge on any atom is 0.255 e. The molecule has 0 aliphatic carbocycles. The van der Waals surface area contributed by atoms with E-state index in [0.29, 0.717) is 22.6 Å². The zero-order valence-corrected chi connectivity index (χ0v) is 21.7. The summed E-state index contributed by atoms with van der Waals surface area (Å²) in [6.07, 6.45) is 2.38. The summed E-state index contributed by atoms with van der Waals surface area (Å²) in [5, 5.41) is 13.3. The molecule has 0 unspecified atom stereocenters. The Morgan fingerprint density at radius 1 is 0.842 bits per heavy atom. The normalized spacial score (nSPS) is 14.2. The summed E-state index contributed by atoms with van der Waals surface area (Å²) in [7, 11) is 3.74. The molecule has 38 heavy (non-hydrogen) atoms. The minimum absolute atomic E-state index is 0.0990. The van der Waals surface area contributed by atoms with Gasteiger partial charge in [-0.05, 0) is 91.2 Å². The van der Waals surface area contributed by atoms with Crippen molar-refractivity contribution < 1.29 is 19.4 Å². The van der Waals surface area contributed by atoms with Crippen LogP contribution < -0.4 is 14.8 Å². The number of methoxy groups -OCH3 is 1. The van der Waals surface area contributed by atoms with Crippen LogP contribution in [0.25, 0.3) is 22.3 Å². The van der Waals surface area contributed by atoms with Gasteiger partial charge in [-0.25, -0.2) is 0 Å². The third-order valence-corrected chi connectivity index (χ3v) is 6.94. The number of carbonyl (C=O) groups is 1. The van der Waals surface area contributed by atoms with Crippen LogP contribution in [-0.2, 0) is 0 Å². The molecule has 1 aliphatic heterocycles. The number of piperidine rings is 1. The molecule has 1 aliphatic rings. The number of ether oxygens (including phenoxy) is 2. The fourth-order valence-corrected chi connectivity index (χ4v) is 4.67. The monoisotopic (exact) mass is 508 g/mol. The summed E-state index contributed by atoms with van der Waals surface area (Å²) in [4.78, 5) is 15.3. The van der Waals surface area contributed by atoms with Crippen molar-refractivity contribution in [2.45, 2.75) is 18.9 Å². The molecular weight excluding hydrogens is 476 g/mol. The Morgan fingerprint density at radius 2 is 1.53 bits per heavy atom. The average molecular weight is 509 g/mol. The first-order valence-corrected chi connectivity index (χ1v) is 12.8. The third-order valence-electron chi connectivity index (χ3n) is 6.94. The third kappa shape index (κ3) is 5.98. The van der Waals surface area contributed by atoms with Gasteiger partial charge < -0.3 is 24.8 Å². The van der Waals surface area contributed by atoms with Crippen molar-refractivity contribution in [1.29, 1.82) is 0 Å². The zero-order chi connectivity index (χ0) is 26.5. The number of aromatic hydroxyl groups is 1. The minimum Gasteiger partial charge on any atom is -0.507 e. The molecule has 2 N–H and O–H groups in total. The number of phenolic OH excluding ortho intramolecular Hbond substituents is 1. The fourth-order valence-electron chi connectivity index (χ4n) is 4.67. The van der Waals surface area contributed by atoms with E-state index in [1.165, 1.54) is 6.07 Å². The Kier molecular flexibility index (Phi) is 7.61. The molecule has 1 heterocycles. The lowest BCUT2D eigenvalue weighted by Gasteiger charge is -2.29. The molecule has 0 atom stereocenters. The van der Waals surface area contributed by atoms with Gasteiger partial charge in [0.15, 0.2) is 0 Å². The van der Waals surface area contributed by atoms with Crippen LogP contribution in [0.15, 0.2) is 91.0 Å². The maximum absolute atomic E-state index is 13.0. The quantitative estimate of drug-likeness (QED) is 0.300. The molecule has 0 aromatic heterocycles. The number of hydrogen-bond acceptors (Lipinski definition) is 5. The van der Waals surface area contributed by atoms with Crippen molar-refractivity contribution in [3.63, 3.8) is 0 Å². The van der Waals surface area contributed by atoms with E-state index in [4.69, 9.17) is 9.47 Å². The largest absolute Gasteiger partial charge is 0.507 e. The van der Waals surface area contributed by atoms with Gasteiger partial charge in [-0.1, -0.05) is 36.4 Å². The molecule has 194 valence electrons. The first-order chi connectivity index (χ1) is 18.5. The van der Waals surface area contributed by atoms with Crippen LogP contribution in [0, 0.1) is 0 Å². The lowest BCUT2D eigenvalue weighted by atomic mass is 10.0. The molecule has 6 nitrogen and oxygen atoms in total. The predicted octanol–water partition coefficient (Wildman–Crippen LogP) is 6.46. The standard InChI is InChI=1S/C32H32N2O4/c1-34-18-16-28(17-19-34)38-27-13-8-23(9-14-27)22-6-11-26(12-7-22)33-32(36)25-10-15-31(35)30(21-25)24-4-3-5-29(20-24)37-2/h3-15,20-21,28,35H,16-19H2,1-2H3,(H,33,36). The SMILES string of the molecule is COc1cccc(-c2cc(C(=O)Nc3ccc(-c4ccc(OC5CCN(C)CC5)cc4)cc3)ccc2O)c1. The Hall–Kier alpha value is -4.29. The van der Waals surface area contributed by atoms with E-state index in [-0.39, 0.29) is 17.8 Å². The van der Waals surface area contributed by atoms with Gasteiger partial charge in [-0.2, -0.15) is 0 Å². The predicted molar refractivity (Wildman–Crippen MR) is 151 cm³/mol. The van der Waals surface area contributed by atoms with Crippen molar-refractivity contribution in [3.8, 4) is 39.5 Å². The second-order valence-electron chi connectivity index (χ2n) is 9.64. The molecule has 1 saturated heterocycles. The van der Waals surface area contributed by atoms with Crippen molar-refractivity contribution in [2.75, 3.05) is 32.6 Å². The van der Waals surface area contributed by atoms with Crippen molar-refractivity contribution in [2.24, 2.45) is 0 Å². The molecular formula is C32H32N2O4. The highest BCUT2D eigenvalue weighted by molar-refractivity contribution is 6.05. The second kappa shape index (κ2) is 11.4. The summed E-state index contributed by atoms with van der Waals surface area (Å²) in [6, 6.07) is 28.1. The van der Waals surface area contributed by atoms with Crippen molar-refractivity contribution >= 4 is 11.6 Å². The zero-order valence-electron chi connectivity index (χ0n) is 21.7. The molecule has 0 radical (unpaired) electrons. The number of rotatable bonds is 7. The number of benzene rings is 4. The van der Waals surface area contributed by atoms with Gasteiger partial charge in [-0.15, -0.1) is 0 Å². The number of phenols is 1. The summed E-state index contributed by atoms with van der Waals surface area (Å²) in [5.41, 5.74) is 4.61. The molecule has 1 amide bonds. The van der Waals surface area contributed by atoms with Crippen LogP contribution in [0.2, 0.25) is 0 Å². The van der Waals surface area contributed by atoms with Gasteiger partial charge in [-0.3, -0.25) is 4.79 Å². The van der Waals surface area contributed by atoms with Crippen LogP contribution in [0.3, 0.4) is 0 Å². The van der Waals surface area contributed by atoms with Crippen LogP contribution in [-0.4, -0.2) is 49.3 Å². The highest BCUT2D eigenvalue weighted by Crippen LogP contribution is 2.32. The first kappa shape index (κ1) is 25.4. The van der Waals surface area contributed by atoms with E-state index in [1.807, 2.05) is 60.7 Å². The van der Waals surface area contributed by atoms with Crippen molar-refractivity contribution in [3.05, 3.63) is 96.6 Å². The molecule has 0 spiro atoms. The molecule has 0 bridgehead atoms. The number of nitrogens with one attached hydrogen (secondary N) is 1. The van der Waals surface area contributed by atoms with E-state index in [0.717, 1.165) is 48.4 Å². The Labute approximate surface area is 223 Å². The molecule has 5 rings (SSSR count). The lowest BCUT2D eigenvalue weighted by molar-refractivity contribution is 0.102. The van der Waals surface area contributed by atoms with Crippen LogP contribution >= 0.6 is 0 Å². The number of amides is 1. The fraction of sp³-hybridized carbons (Fsp3) is 0.219. The molecule has 6 heteroatoms. The highest BCUT2D eigenvalue weighted by atomic mass is 16.5. The Bertz CT molecular complexity index is 1390. The van der Waals surface area contributed by atoms with Gasteiger partial charge in [0.2, 0.25) is 0 Å². The number of nitrogens with zero attached hydrogens (tertiary/aromatic N) is 1. The van der Waals surface area contributed by atoms with E-state index < -0.39 is 0 Å². The maximum atomic E-state index is 13.0. The van der Waals surface area contributed by atoms with Gasteiger partial charge >= 0.3 is 0 Å². The molecule has 1 fully saturated rings. The lowest BCUT2D eigenvalue weighted by Crippen LogP contribution is -2.35. The van der Waals surface area contributed by atoms with E-state index in [9.17, 15) is 9.90 Å². The number of hydrogen-bond donors (Lipinski definition) is 2. The number of carbonyl (C=O) groups excluding carboxylic acids is 1. The summed E-state index contributed by atoms with van der Waals surface area (Å²) < 4.78 is 11.4. The van der Waals surface area contributed by atoms with Gasteiger partial charge in [0.1, 0.15) is 23.4 Å². The highest BCUT2D eigenvalue weighted by Gasteiger charge is 2.18. The Balaban J connectivity index is 1.24. The molecule has 4 aromatic carbocycles. The Morgan fingerprint density at radius 3 is 2.21 bits per heavy atom. The van der Waals surface area contributed by atoms with Crippen LogP contribution in [0.4, 0.5) is 5.69 Å². The van der Waals surface area contributed by atoms with Gasteiger partial charge in [0, 0.05) is 29.9 Å². The van der Waals surface area contributed by atoms with E-state index >= 15 is 0 Å². The summed E-state index contributed by atoms with van der Waals surface area (Å²) in [5.74, 6) is 1.42. The van der Waals surface area contributed by atoms with Crippen LogP contribution in [0.5, 0.6) is 17.2 Å². The topological polar surface area (TPSA) is 71.0 Å². The summed E-state index contributed by atoms with van der Waals surface area (Å²) >= 11 is 0. The van der Waals surface area contributed by atoms with Crippen molar-refractivity contribution in [1.82, 2.24) is 4.90 Å². The van der Waals surface area contributed by atoms with E-state index in [1.54, 1.807) is 19.2 Å². The van der Waals surface area contributed by atoms with E-state index in [2.05, 4.69) is 29.4 Å². The second-order valence-corrected chi connectivity index (χ2v) is 9.64. The molecule has 4 aromatic rings. The smallest absolute Gasteiger partial charge is 0.255 e. The average Bonchev–Trinajstić information content (AvgIpc) is 2.95. The summed E-state index contributed by atoms with van der Waals surface area (Å²) in [6.45, 7) is 2.14. The number of likely N-dealkylation sites (tertiary alicyclic amines) is 1. The van der Waals surface area contributed by atoms with Gasteiger partial charge in [0.25, 0.3) is 5.91 Å². The number of anilines is 1.